The minimum absolute atomic E-state index is 0.0121. The summed E-state index contributed by atoms with van der Waals surface area (Å²) in [5.74, 6) is -0.473. The molecule has 0 atom stereocenters. The molecule has 1 aromatic heterocycles. The maximum Gasteiger partial charge on any atom is 0.387 e. The van der Waals surface area contributed by atoms with Crippen LogP contribution in [0.15, 0.2) is 24.3 Å². The van der Waals surface area contributed by atoms with Crippen LogP contribution >= 0.6 is 22.9 Å². The molecule has 1 aromatic carbocycles. The van der Waals surface area contributed by atoms with Gasteiger partial charge < -0.3 is 10.1 Å². The van der Waals surface area contributed by atoms with Crippen molar-refractivity contribution in [1.29, 1.82) is 0 Å². The molecule has 1 amide bonds. The molecule has 0 saturated heterocycles. The molecule has 0 bridgehead atoms. The van der Waals surface area contributed by atoms with Gasteiger partial charge in [-0.15, -0.1) is 10.2 Å². The summed E-state index contributed by atoms with van der Waals surface area (Å²) in [4.78, 5) is 11.7. The van der Waals surface area contributed by atoms with Crippen molar-refractivity contribution in [2.45, 2.75) is 13.2 Å². The molecular formula is C11H8ClF2N3O2S. The fourth-order valence-electron chi connectivity index (χ4n) is 1.41. The lowest BCUT2D eigenvalue weighted by Gasteiger charge is -2.10. The molecule has 106 valence electrons. The highest BCUT2D eigenvalue weighted by atomic mass is 35.5. The van der Waals surface area contributed by atoms with Crippen molar-refractivity contribution in [3.63, 3.8) is 0 Å². The smallest absolute Gasteiger partial charge is 0.387 e. The minimum Gasteiger partial charge on any atom is -0.434 e. The fourth-order valence-corrected chi connectivity index (χ4v) is 2.15. The number of amides is 1. The summed E-state index contributed by atoms with van der Waals surface area (Å²) >= 11 is 6.49. The minimum atomic E-state index is -2.92. The number of alkyl halides is 2. The quantitative estimate of drug-likeness (QED) is 0.920. The van der Waals surface area contributed by atoms with Gasteiger partial charge in [-0.25, -0.2) is 0 Å². The maximum absolute atomic E-state index is 12.2. The zero-order chi connectivity index (χ0) is 14.5. The monoisotopic (exact) mass is 319 g/mol. The summed E-state index contributed by atoms with van der Waals surface area (Å²) < 4.78 is 29.0. The summed E-state index contributed by atoms with van der Waals surface area (Å²) in [5.41, 5.74) is 0.428. The Morgan fingerprint density at radius 2 is 2.15 bits per heavy atom. The van der Waals surface area contributed by atoms with Crippen LogP contribution < -0.4 is 10.1 Å². The van der Waals surface area contributed by atoms with Gasteiger partial charge in [0.25, 0.3) is 5.91 Å². The van der Waals surface area contributed by atoms with Gasteiger partial charge in [-0.2, -0.15) is 8.78 Å². The predicted molar refractivity (Wildman–Crippen MR) is 69.2 cm³/mol. The molecule has 2 rings (SSSR count). The van der Waals surface area contributed by atoms with Gasteiger partial charge in [0.05, 0.1) is 0 Å². The van der Waals surface area contributed by atoms with Crippen LogP contribution in [-0.4, -0.2) is 22.7 Å². The average Bonchev–Trinajstić information content (AvgIpc) is 2.83. The number of benzene rings is 1. The lowest BCUT2D eigenvalue weighted by Crippen LogP contribution is -2.23. The normalized spacial score (nSPS) is 10.6. The van der Waals surface area contributed by atoms with Gasteiger partial charge in [0.15, 0.2) is 0 Å². The molecule has 0 aliphatic heterocycles. The second kappa shape index (κ2) is 6.58. The van der Waals surface area contributed by atoms with E-state index >= 15 is 0 Å². The number of carbonyl (C=O) groups excluding carboxylic acids is 1. The topological polar surface area (TPSA) is 64.1 Å². The Bertz CT molecular complexity index is 609. The van der Waals surface area contributed by atoms with Crippen molar-refractivity contribution >= 4 is 28.8 Å². The number of halogens is 3. The molecule has 1 heterocycles. The van der Waals surface area contributed by atoms with Crippen LogP contribution in [-0.2, 0) is 6.54 Å². The largest absolute Gasteiger partial charge is 0.434 e. The Hall–Kier alpha value is -1.80. The first-order valence-electron chi connectivity index (χ1n) is 5.36. The van der Waals surface area contributed by atoms with E-state index in [1.165, 1.54) is 6.07 Å². The van der Waals surface area contributed by atoms with Crippen LogP contribution in [0.3, 0.4) is 0 Å². The molecule has 20 heavy (non-hydrogen) atoms. The molecule has 0 saturated carbocycles. The van der Waals surface area contributed by atoms with Gasteiger partial charge in [-0.05, 0) is 17.7 Å². The average molecular weight is 320 g/mol. The highest BCUT2D eigenvalue weighted by molar-refractivity contribution is 7.17. The SMILES string of the molecule is O=C(NCc1ccccc1OC(F)F)c1nnc(Cl)s1. The summed E-state index contributed by atoms with van der Waals surface area (Å²) in [5, 5.41) is 9.70. The van der Waals surface area contributed by atoms with E-state index in [-0.39, 0.29) is 21.8 Å². The van der Waals surface area contributed by atoms with Crippen LogP contribution in [0.5, 0.6) is 5.75 Å². The number of carbonyl (C=O) groups is 1. The molecule has 0 aliphatic rings. The number of hydrogen-bond donors (Lipinski definition) is 1. The zero-order valence-corrected chi connectivity index (χ0v) is 11.4. The first kappa shape index (κ1) is 14.6. The van der Waals surface area contributed by atoms with Crippen molar-refractivity contribution in [1.82, 2.24) is 15.5 Å². The Morgan fingerprint density at radius 1 is 1.40 bits per heavy atom. The number of nitrogens with one attached hydrogen (secondary N) is 1. The summed E-state index contributed by atoms with van der Waals surface area (Å²) in [6, 6.07) is 6.19. The lowest BCUT2D eigenvalue weighted by molar-refractivity contribution is -0.0504. The standard InChI is InChI=1S/C11H8ClF2N3O2S/c12-10-17-16-9(20-10)8(18)15-5-6-3-1-2-4-7(6)19-11(13)14/h1-4,11H,5H2,(H,15,18). The number of ether oxygens (including phenoxy) is 1. The van der Waals surface area contributed by atoms with E-state index in [1.807, 2.05) is 0 Å². The van der Waals surface area contributed by atoms with Crippen molar-refractivity contribution in [3.8, 4) is 5.75 Å². The predicted octanol–water partition coefficient (Wildman–Crippen LogP) is 2.72. The van der Waals surface area contributed by atoms with E-state index < -0.39 is 12.5 Å². The van der Waals surface area contributed by atoms with E-state index in [9.17, 15) is 13.6 Å². The molecule has 0 fully saturated rings. The number of aromatic nitrogens is 2. The van der Waals surface area contributed by atoms with Crippen LogP contribution in [0.25, 0.3) is 0 Å². The number of rotatable bonds is 5. The van der Waals surface area contributed by atoms with Crippen LogP contribution in [0, 0.1) is 0 Å². The molecule has 0 aliphatic carbocycles. The van der Waals surface area contributed by atoms with Gasteiger partial charge in [0.2, 0.25) is 9.47 Å². The molecular weight excluding hydrogens is 312 g/mol. The maximum atomic E-state index is 12.2. The van der Waals surface area contributed by atoms with Crippen LogP contribution in [0.2, 0.25) is 4.47 Å². The van der Waals surface area contributed by atoms with Gasteiger partial charge in [-0.3, -0.25) is 4.79 Å². The molecule has 5 nitrogen and oxygen atoms in total. The highest BCUT2D eigenvalue weighted by Gasteiger charge is 2.13. The van der Waals surface area contributed by atoms with Crippen molar-refractivity contribution < 1.29 is 18.3 Å². The second-order valence-corrected chi connectivity index (χ2v) is 5.09. The van der Waals surface area contributed by atoms with E-state index in [0.29, 0.717) is 5.56 Å². The molecule has 0 radical (unpaired) electrons. The van der Waals surface area contributed by atoms with Gasteiger partial charge in [0.1, 0.15) is 5.75 Å². The Morgan fingerprint density at radius 3 is 2.80 bits per heavy atom. The van der Waals surface area contributed by atoms with E-state index in [1.54, 1.807) is 18.2 Å². The number of para-hydroxylation sites is 1. The van der Waals surface area contributed by atoms with Crippen molar-refractivity contribution in [3.05, 3.63) is 39.3 Å². The Kier molecular flexibility index (Phi) is 4.80. The van der Waals surface area contributed by atoms with E-state index in [4.69, 9.17) is 11.6 Å². The lowest BCUT2D eigenvalue weighted by atomic mass is 10.2. The first-order valence-corrected chi connectivity index (χ1v) is 6.55. The zero-order valence-electron chi connectivity index (χ0n) is 9.85. The first-order chi connectivity index (χ1) is 9.56. The Labute approximate surface area is 121 Å². The van der Waals surface area contributed by atoms with Gasteiger partial charge in [0, 0.05) is 12.1 Å². The highest BCUT2D eigenvalue weighted by Crippen LogP contribution is 2.20. The van der Waals surface area contributed by atoms with E-state index in [2.05, 4.69) is 20.3 Å². The third-order valence-corrected chi connectivity index (χ3v) is 3.24. The van der Waals surface area contributed by atoms with Crippen molar-refractivity contribution in [2.24, 2.45) is 0 Å². The molecule has 0 spiro atoms. The molecule has 1 N–H and O–H groups in total. The third kappa shape index (κ3) is 3.84. The summed E-state index contributed by atoms with van der Waals surface area (Å²) in [7, 11) is 0. The molecule has 2 aromatic rings. The van der Waals surface area contributed by atoms with Gasteiger partial charge >= 0.3 is 6.61 Å². The van der Waals surface area contributed by atoms with Gasteiger partial charge in [-0.1, -0.05) is 29.5 Å². The summed E-state index contributed by atoms with van der Waals surface area (Å²) in [6.07, 6.45) is 0. The second-order valence-electron chi connectivity index (χ2n) is 3.53. The van der Waals surface area contributed by atoms with Crippen molar-refractivity contribution in [2.75, 3.05) is 0 Å². The molecule has 9 heteroatoms. The fraction of sp³-hybridized carbons (Fsp3) is 0.182. The molecule has 0 unspecified atom stereocenters. The number of nitrogens with zero attached hydrogens (tertiary/aromatic N) is 2. The van der Waals surface area contributed by atoms with Crippen LogP contribution in [0.4, 0.5) is 8.78 Å². The van der Waals surface area contributed by atoms with Crippen LogP contribution in [0.1, 0.15) is 15.4 Å². The number of hydrogen-bond acceptors (Lipinski definition) is 5. The van der Waals surface area contributed by atoms with E-state index in [0.717, 1.165) is 11.3 Å². The Balaban J connectivity index is 2.02. The third-order valence-electron chi connectivity index (χ3n) is 2.22. The summed E-state index contributed by atoms with van der Waals surface area (Å²) in [6.45, 7) is -2.90.